The Kier molecular flexibility index (Phi) is 5.75. The van der Waals surface area contributed by atoms with Crippen LogP contribution in [0.3, 0.4) is 0 Å². The number of carbonyl (C=O) groups is 1. The molecule has 1 heterocycles. The summed E-state index contributed by atoms with van der Waals surface area (Å²) >= 11 is 1.71. The van der Waals surface area contributed by atoms with E-state index >= 15 is 0 Å². The predicted octanol–water partition coefficient (Wildman–Crippen LogP) is 3.53. The highest BCUT2D eigenvalue weighted by Gasteiger charge is 2.09. The number of benzene rings is 1. The summed E-state index contributed by atoms with van der Waals surface area (Å²) in [5.41, 5.74) is 3.69. The molecule has 0 fully saturated rings. The molecule has 2 aromatic rings. The lowest BCUT2D eigenvalue weighted by Crippen LogP contribution is -2.37. The molecule has 0 radical (unpaired) electrons. The van der Waals surface area contributed by atoms with Crippen molar-refractivity contribution in [2.24, 2.45) is 0 Å². The second kappa shape index (κ2) is 7.78. The van der Waals surface area contributed by atoms with Gasteiger partial charge in [-0.15, -0.1) is 11.3 Å². The van der Waals surface area contributed by atoms with Gasteiger partial charge in [-0.25, -0.2) is 9.18 Å². The lowest BCUT2D eigenvalue weighted by Gasteiger charge is -2.12. The predicted molar refractivity (Wildman–Crippen MR) is 85.6 cm³/mol. The SMILES string of the molecule is Cc1cccc(CCNC(=O)NCCF)c1-c1cccs1. The molecule has 2 rings (SSSR count). The Morgan fingerprint density at radius 3 is 2.71 bits per heavy atom. The van der Waals surface area contributed by atoms with Crippen molar-refractivity contribution in [2.75, 3.05) is 19.8 Å². The summed E-state index contributed by atoms with van der Waals surface area (Å²) in [5, 5.41) is 7.26. The Morgan fingerprint density at radius 1 is 1.19 bits per heavy atom. The fourth-order valence-corrected chi connectivity index (χ4v) is 3.12. The summed E-state index contributed by atoms with van der Waals surface area (Å²) in [6.45, 7) is 2.13. The van der Waals surface area contributed by atoms with Crippen LogP contribution < -0.4 is 10.6 Å². The minimum Gasteiger partial charge on any atom is -0.338 e. The number of rotatable bonds is 6. The van der Waals surface area contributed by atoms with Crippen LogP contribution in [0.15, 0.2) is 35.7 Å². The molecule has 0 atom stereocenters. The highest BCUT2D eigenvalue weighted by molar-refractivity contribution is 7.13. The third-order valence-electron chi connectivity index (χ3n) is 3.19. The maximum atomic E-state index is 12.0. The second-order valence-electron chi connectivity index (χ2n) is 4.71. The van der Waals surface area contributed by atoms with Crippen molar-refractivity contribution in [1.82, 2.24) is 10.6 Å². The van der Waals surface area contributed by atoms with E-state index in [1.807, 2.05) is 12.1 Å². The third kappa shape index (κ3) is 4.29. The number of hydrogen-bond donors (Lipinski definition) is 2. The average molecular weight is 306 g/mol. The van der Waals surface area contributed by atoms with Gasteiger partial charge in [0.25, 0.3) is 0 Å². The Hall–Kier alpha value is -1.88. The molecule has 112 valence electrons. The molecule has 0 spiro atoms. The van der Waals surface area contributed by atoms with Gasteiger partial charge in [-0.1, -0.05) is 24.3 Å². The number of halogens is 1. The van der Waals surface area contributed by atoms with Crippen molar-refractivity contribution >= 4 is 17.4 Å². The maximum absolute atomic E-state index is 12.0. The highest BCUT2D eigenvalue weighted by atomic mass is 32.1. The molecule has 0 saturated carbocycles. The van der Waals surface area contributed by atoms with E-state index < -0.39 is 6.67 Å². The van der Waals surface area contributed by atoms with Gasteiger partial charge in [0.2, 0.25) is 0 Å². The lowest BCUT2D eigenvalue weighted by molar-refractivity contribution is 0.240. The van der Waals surface area contributed by atoms with Gasteiger partial charge in [0.05, 0.1) is 0 Å². The zero-order chi connectivity index (χ0) is 15.1. The zero-order valence-corrected chi connectivity index (χ0v) is 12.8. The molecule has 0 aliphatic carbocycles. The van der Waals surface area contributed by atoms with Crippen LogP contribution >= 0.6 is 11.3 Å². The van der Waals surface area contributed by atoms with Crippen LogP contribution in [0.5, 0.6) is 0 Å². The van der Waals surface area contributed by atoms with Crippen LogP contribution in [-0.4, -0.2) is 25.8 Å². The summed E-state index contributed by atoms with van der Waals surface area (Å²) < 4.78 is 12.0. The van der Waals surface area contributed by atoms with E-state index in [9.17, 15) is 9.18 Å². The molecule has 0 saturated heterocycles. The zero-order valence-electron chi connectivity index (χ0n) is 12.0. The maximum Gasteiger partial charge on any atom is 0.314 e. The van der Waals surface area contributed by atoms with Gasteiger partial charge in [0, 0.05) is 18.0 Å². The second-order valence-corrected chi connectivity index (χ2v) is 5.66. The van der Waals surface area contributed by atoms with Gasteiger partial charge in [-0.3, -0.25) is 0 Å². The first kappa shape index (κ1) is 15.5. The minimum atomic E-state index is -0.548. The van der Waals surface area contributed by atoms with Crippen molar-refractivity contribution in [1.29, 1.82) is 0 Å². The normalized spacial score (nSPS) is 10.4. The van der Waals surface area contributed by atoms with Gasteiger partial charge in [0.1, 0.15) is 6.67 Å². The fraction of sp³-hybridized carbons (Fsp3) is 0.312. The van der Waals surface area contributed by atoms with Gasteiger partial charge in [-0.2, -0.15) is 0 Å². The molecule has 21 heavy (non-hydrogen) atoms. The number of carbonyl (C=O) groups excluding carboxylic acids is 1. The van der Waals surface area contributed by atoms with E-state index in [1.54, 1.807) is 11.3 Å². The number of thiophene rings is 1. The number of hydrogen-bond acceptors (Lipinski definition) is 2. The van der Waals surface area contributed by atoms with Crippen LogP contribution in [0.2, 0.25) is 0 Å². The monoisotopic (exact) mass is 306 g/mol. The van der Waals surface area contributed by atoms with E-state index in [0.29, 0.717) is 6.54 Å². The molecule has 3 nitrogen and oxygen atoms in total. The number of aryl methyl sites for hydroxylation is 1. The van der Waals surface area contributed by atoms with Crippen molar-refractivity contribution in [3.8, 4) is 10.4 Å². The molecule has 5 heteroatoms. The molecular formula is C16H19FN2OS. The van der Waals surface area contributed by atoms with E-state index in [4.69, 9.17) is 0 Å². The van der Waals surface area contributed by atoms with Crippen LogP contribution in [-0.2, 0) is 6.42 Å². The molecule has 0 aliphatic heterocycles. The molecule has 0 aliphatic rings. The molecule has 1 aromatic heterocycles. The molecule has 2 amide bonds. The van der Waals surface area contributed by atoms with Crippen molar-refractivity contribution in [3.05, 3.63) is 46.8 Å². The smallest absolute Gasteiger partial charge is 0.314 e. The van der Waals surface area contributed by atoms with Gasteiger partial charge in [-0.05, 0) is 41.5 Å². The first-order valence-electron chi connectivity index (χ1n) is 6.92. The number of nitrogens with one attached hydrogen (secondary N) is 2. The number of urea groups is 1. The first-order valence-corrected chi connectivity index (χ1v) is 7.80. The number of alkyl halides is 1. The average Bonchev–Trinajstić information content (AvgIpc) is 2.99. The molecule has 0 bridgehead atoms. The third-order valence-corrected chi connectivity index (χ3v) is 4.07. The first-order chi connectivity index (χ1) is 10.2. The Morgan fingerprint density at radius 2 is 2.00 bits per heavy atom. The van der Waals surface area contributed by atoms with E-state index in [2.05, 4.69) is 41.1 Å². The summed E-state index contributed by atoms with van der Waals surface area (Å²) in [4.78, 5) is 12.6. The van der Waals surface area contributed by atoms with Crippen LogP contribution in [0, 0.1) is 6.92 Å². The van der Waals surface area contributed by atoms with E-state index in [0.717, 1.165) is 6.42 Å². The Bertz CT molecular complexity index is 584. The topological polar surface area (TPSA) is 41.1 Å². The molecule has 2 N–H and O–H groups in total. The number of amides is 2. The van der Waals surface area contributed by atoms with E-state index in [-0.39, 0.29) is 12.6 Å². The standard InChI is InChI=1S/C16H19FN2OS/c1-12-4-2-5-13(15(12)14-6-3-11-21-14)7-9-18-16(20)19-10-8-17/h2-6,11H,7-10H2,1H3,(H2,18,19,20). The minimum absolute atomic E-state index is 0.0523. The van der Waals surface area contributed by atoms with Crippen LogP contribution in [0.4, 0.5) is 9.18 Å². The van der Waals surface area contributed by atoms with Crippen LogP contribution in [0.25, 0.3) is 10.4 Å². The highest BCUT2D eigenvalue weighted by Crippen LogP contribution is 2.31. The Balaban J connectivity index is 2.01. The molecule has 0 unspecified atom stereocenters. The van der Waals surface area contributed by atoms with E-state index in [1.165, 1.54) is 21.6 Å². The fourth-order valence-electron chi connectivity index (χ4n) is 2.24. The Labute approximate surface area is 128 Å². The van der Waals surface area contributed by atoms with Gasteiger partial charge in [0.15, 0.2) is 0 Å². The summed E-state index contributed by atoms with van der Waals surface area (Å²) in [5.74, 6) is 0. The van der Waals surface area contributed by atoms with Gasteiger partial charge >= 0.3 is 6.03 Å². The van der Waals surface area contributed by atoms with Crippen molar-refractivity contribution in [3.63, 3.8) is 0 Å². The molecular weight excluding hydrogens is 287 g/mol. The lowest BCUT2D eigenvalue weighted by atomic mass is 9.98. The van der Waals surface area contributed by atoms with Crippen molar-refractivity contribution < 1.29 is 9.18 Å². The van der Waals surface area contributed by atoms with Gasteiger partial charge < -0.3 is 10.6 Å². The summed E-state index contributed by atoms with van der Waals surface area (Å²) in [6, 6.07) is 10.0. The largest absolute Gasteiger partial charge is 0.338 e. The van der Waals surface area contributed by atoms with Crippen LogP contribution in [0.1, 0.15) is 11.1 Å². The summed E-state index contributed by atoms with van der Waals surface area (Å²) in [7, 11) is 0. The molecule has 1 aromatic carbocycles. The van der Waals surface area contributed by atoms with Crippen molar-refractivity contribution in [2.45, 2.75) is 13.3 Å². The summed E-state index contributed by atoms with van der Waals surface area (Å²) in [6.07, 6.45) is 0.748. The quantitative estimate of drug-likeness (QED) is 0.842.